The molecule has 0 radical (unpaired) electrons. The van der Waals surface area contributed by atoms with Crippen LogP contribution < -0.4 is 11.3 Å². The lowest BCUT2D eigenvalue weighted by molar-refractivity contribution is 0.552. The van der Waals surface area contributed by atoms with Gasteiger partial charge in [-0.2, -0.15) is 0 Å². The van der Waals surface area contributed by atoms with Crippen molar-refractivity contribution in [1.29, 1.82) is 0 Å². The van der Waals surface area contributed by atoms with E-state index in [1.54, 1.807) is 24.0 Å². The van der Waals surface area contributed by atoms with E-state index < -0.39 is 0 Å². The van der Waals surface area contributed by atoms with E-state index in [0.29, 0.717) is 0 Å². The minimum absolute atomic E-state index is 0.0920. The highest BCUT2D eigenvalue weighted by atomic mass is 32.2. The highest BCUT2D eigenvalue weighted by molar-refractivity contribution is 7.99. The highest BCUT2D eigenvalue weighted by Gasteiger charge is 2.11. The van der Waals surface area contributed by atoms with Gasteiger partial charge in [0.15, 0.2) is 0 Å². The largest absolute Gasteiger partial charge is 0.338 e. The molecular formula is C13H17FN4S. The van der Waals surface area contributed by atoms with E-state index in [0.717, 1.165) is 22.9 Å². The first-order valence-corrected chi connectivity index (χ1v) is 6.98. The molecule has 2 aromatic rings. The van der Waals surface area contributed by atoms with Gasteiger partial charge in [-0.1, -0.05) is 6.07 Å². The number of benzene rings is 1. The third-order valence-electron chi connectivity index (χ3n) is 2.83. The number of thioether (sulfide) groups is 1. The minimum Gasteiger partial charge on any atom is -0.338 e. The fraction of sp³-hybridized carbons (Fsp3) is 0.308. The zero-order valence-corrected chi connectivity index (χ0v) is 11.5. The number of halogens is 1. The van der Waals surface area contributed by atoms with Gasteiger partial charge < -0.3 is 4.57 Å². The van der Waals surface area contributed by atoms with Crippen LogP contribution in [0.4, 0.5) is 4.39 Å². The maximum Gasteiger partial charge on any atom is 0.124 e. The predicted molar refractivity (Wildman–Crippen MR) is 75.1 cm³/mol. The molecule has 1 unspecified atom stereocenters. The third-order valence-corrected chi connectivity index (χ3v) is 3.99. The SMILES string of the molecule is Cn1ccnc1CC(CSc1cccc(F)c1)NN. The van der Waals surface area contributed by atoms with Crippen LogP contribution in [0.2, 0.25) is 0 Å². The van der Waals surface area contributed by atoms with E-state index in [9.17, 15) is 4.39 Å². The molecule has 0 saturated carbocycles. The number of nitrogens with one attached hydrogen (secondary N) is 1. The molecule has 0 amide bonds. The number of nitrogens with zero attached hydrogens (tertiary/aromatic N) is 2. The Kier molecular flexibility index (Phi) is 4.95. The Bertz CT molecular complexity index is 529. The van der Waals surface area contributed by atoms with Crippen molar-refractivity contribution in [2.45, 2.75) is 17.4 Å². The zero-order valence-electron chi connectivity index (χ0n) is 10.7. The normalized spacial score (nSPS) is 12.6. The van der Waals surface area contributed by atoms with Crippen LogP contribution in [0, 0.1) is 5.82 Å². The van der Waals surface area contributed by atoms with E-state index in [2.05, 4.69) is 10.4 Å². The van der Waals surface area contributed by atoms with Gasteiger partial charge in [0.1, 0.15) is 11.6 Å². The first-order chi connectivity index (χ1) is 9.19. The topological polar surface area (TPSA) is 55.9 Å². The van der Waals surface area contributed by atoms with Crippen molar-refractivity contribution in [1.82, 2.24) is 15.0 Å². The average molecular weight is 280 g/mol. The second-order valence-electron chi connectivity index (χ2n) is 4.29. The molecular weight excluding hydrogens is 263 g/mol. The van der Waals surface area contributed by atoms with Crippen LogP contribution in [0.25, 0.3) is 0 Å². The number of aryl methyl sites for hydroxylation is 1. The van der Waals surface area contributed by atoms with E-state index in [1.165, 1.54) is 12.1 Å². The van der Waals surface area contributed by atoms with Crippen LogP contribution in [0.3, 0.4) is 0 Å². The standard InChI is InChI=1S/C13H17FN4S/c1-18-6-5-16-13(18)8-11(17-15)9-19-12-4-2-3-10(14)7-12/h2-7,11,17H,8-9,15H2,1H3. The fourth-order valence-electron chi connectivity index (χ4n) is 1.73. The minimum atomic E-state index is -0.216. The lowest BCUT2D eigenvalue weighted by Crippen LogP contribution is -2.39. The molecule has 4 nitrogen and oxygen atoms in total. The Morgan fingerprint density at radius 2 is 2.37 bits per heavy atom. The van der Waals surface area contributed by atoms with Gasteiger partial charge in [-0.05, 0) is 18.2 Å². The number of hydrazine groups is 1. The molecule has 1 aromatic heterocycles. The summed E-state index contributed by atoms with van der Waals surface area (Å²) in [6.45, 7) is 0. The number of hydrogen-bond donors (Lipinski definition) is 2. The van der Waals surface area contributed by atoms with Gasteiger partial charge in [-0.25, -0.2) is 9.37 Å². The summed E-state index contributed by atoms with van der Waals surface area (Å²) < 4.78 is 15.0. The van der Waals surface area contributed by atoms with Gasteiger partial charge in [0, 0.05) is 42.6 Å². The Labute approximate surface area is 116 Å². The average Bonchev–Trinajstić information content (AvgIpc) is 2.80. The molecule has 0 aliphatic carbocycles. The molecule has 0 saturated heterocycles. The monoisotopic (exact) mass is 280 g/mol. The molecule has 3 N–H and O–H groups in total. The van der Waals surface area contributed by atoms with Crippen molar-refractivity contribution >= 4 is 11.8 Å². The summed E-state index contributed by atoms with van der Waals surface area (Å²) in [5.74, 6) is 7.07. The molecule has 2 rings (SSSR count). The van der Waals surface area contributed by atoms with Gasteiger partial charge in [-0.3, -0.25) is 11.3 Å². The van der Waals surface area contributed by atoms with Gasteiger partial charge in [0.25, 0.3) is 0 Å². The zero-order chi connectivity index (χ0) is 13.7. The van der Waals surface area contributed by atoms with Gasteiger partial charge in [0.2, 0.25) is 0 Å². The van der Waals surface area contributed by atoms with E-state index in [4.69, 9.17) is 5.84 Å². The third kappa shape index (κ3) is 4.05. The molecule has 0 spiro atoms. The summed E-state index contributed by atoms with van der Waals surface area (Å²) in [5.41, 5.74) is 2.78. The van der Waals surface area contributed by atoms with Gasteiger partial charge >= 0.3 is 0 Å². The molecule has 1 heterocycles. The summed E-state index contributed by atoms with van der Waals surface area (Å²) in [6.07, 6.45) is 4.41. The number of hydrogen-bond acceptors (Lipinski definition) is 4. The summed E-state index contributed by atoms with van der Waals surface area (Å²) in [6, 6.07) is 6.66. The Morgan fingerprint density at radius 1 is 1.53 bits per heavy atom. The maximum absolute atomic E-state index is 13.1. The number of nitrogens with two attached hydrogens (primary N) is 1. The maximum atomic E-state index is 13.1. The summed E-state index contributed by atoms with van der Waals surface area (Å²) in [7, 11) is 1.95. The van der Waals surface area contributed by atoms with Crippen LogP contribution >= 0.6 is 11.8 Å². The van der Waals surface area contributed by atoms with Crippen molar-refractivity contribution < 1.29 is 4.39 Å². The van der Waals surface area contributed by atoms with E-state index >= 15 is 0 Å². The second kappa shape index (κ2) is 6.70. The number of rotatable bonds is 6. The van der Waals surface area contributed by atoms with Gasteiger partial charge in [0.05, 0.1) is 0 Å². The van der Waals surface area contributed by atoms with Crippen LogP contribution in [-0.4, -0.2) is 21.3 Å². The van der Waals surface area contributed by atoms with Gasteiger partial charge in [-0.15, -0.1) is 11.8 Å². The molecule has 19 heavy (non-hydrogen) atoms. The summed E-state index contributed by atoms with van der Waals surface area (Å²) in [5, 5.41) is 0. The van der Waals surface area contributed by atoms with Crippen molar-refractivity contribution in [2.75, 3.05) is 5.75 Å². The van der Waals surface area contributed by atoms with E-state index in [-0.39, 0.29) is 11.9 Å². The molecule has 0 aliphatic rings. The molecule has 6 heteroatoms. The lowest BCUT2D eigenvalue weighted by atomic mass is 10.2. The first kappa shape index (κ1) is 14.0. The summed E-state index contributed by atoms with van der Waals surface area (Å²) in [4.78, 5) is 5.17. The Morgan fingerprint density at radius 3 is 3.00 bits per heavy atom. The quantitative estimate of drug-likeness (QED) is 0.481. The Balaban J connectivity index is 1.91. The van der Waals surface area contributed by atoms with Crippen molar-refractivity contribution in [2.24, 2.45) is 12.9 Å². The van der Waals surface area contributed by atoms with Crippen molar-refractivity contribution in [3.8, 4) is 0 Å². The van der Waals surface area contributed by atoms with E-state index in [1.807, 2.05) is 23.9 Å². The Hall–Kier alpha value is -1.37. The molecule has 102 valence electrons. The fourth-order valence-corrected chi connectivity index (χ4v) is 2.71. The first-order valence-electron chi connectivity index (χ1n) is 5.99. The van der Waals surface area contributed by atoms with Crippen molar-refractivity contribution in [3.63, 3.8) is 0 Å². The number of aromatic nitrogens is 2. The van der Waals surface area contributed by atoms with Crippen LogP contribution in [0.5, 0.6) is 0 Å². The molecule has 0 aliphatic heterocycles. The van der Waals surface area contributed by atoms with Crippen LogP contribution in [0.1, 0.15) is 5.82 Å². The van der Waals surface area contributed by atoms with Crippen LogP contribution in [-0.2, 0) is 13.5 Å². The number of imidazole rings is 1. The molecule has 0 bridgehead atoms. The molecule has 1 atom stereocenters. The molecule has 1 aromatic carbocycles. The molecule has 0 fully saturated rings. The van der Waals surface area contributed by atoms with Crippen molar-refractivity contribution in [3.05, 3.63) is 48.3 Å². The summed E-state index contributed by atoms with van der Waals surface area (Å²) >= 11 is 1.58. The second-order valence-corrected chi connectivity index (χ2v) is 5.38. The van der Waals surface area contributed by atoms with Crippen LogP contribution in [0.15, 0.2) is 41.6 Å². The lowest BCUT2D eigenvalue weighted by Gasteiger charge is -2.15. The highest BCUT2D eigenvalue weighted by Crippen LogP contribution is 2.20. The smallest absolute Gasteiger partial charge is 0.124 e. The predicted octanol–water partition coefficient (Wildman–Crippen LogP) is 1.73.